The Morgan fingerprint density at radius 3 is 2.32 bits per heavy atom. The molecule has 0 saturated heterocycles. The predicted molar refractivity (Wildman–Crippen MR) is 87.9 cm³/mol. The fraction of sp³-hybridized carbons (Fsp3) is 0.333. The molecular weight excluding hydrogens is 368 g/mol. The second-order valence-electron chi connectivity index (χ2n) is 5.24. The van der Waals surface area contributed by atoms with Crippen molar-refractivity contribution in [2.75, 3.05) is 0 Å². The molecule has 2 nitrogen and oxygen atoms in total. The first-order valence-electron chi connectivity index (χ1n) is 6.24. The summed E-state index contributed by atoms with van der Waals surface area (Å²) in [5, 5.41) is 0. The van der Waals surface area contributed by atoms with Crippen LogP contribution in [0.1, 0.15) is 24.9 Å². The molecule has 4 heteroatoms. The van der Waals surface area contributed by atoms with Gasteiger partial charge in [-0.15, -0.1) is 0 Å². The molecule has 1 unspecified atom stereocenters. The molecule has 19 heavy (non-hydrogen) atoms. The molecule has 0 aromatic heterocycles. The maximum Gasteiger partial charge on any atom is 0.0457 e. The predicted octanol–water partition coefficient (Wildman–Crippen LogP) is 4.02. The third-order valence-corrected chi connectivity index (χ3v) is 4.88. The van der Waals surface area contributed by atoms with E-state index in [1.807, 2.05) is 24.3 Å². The number of rotatable bonds is 3. The zero-order valence-electron chi connectivity index (χ0n) is 10.8. The standard InChI is InChI=1S/C15H18Br2N2/c1-15(8-6-12(17)7-9-15)14(19)13(18)10-2-4-11(16)5-3-10/h2-8,13-14H,9,18-19H2,1H3/t13-,14+,15?/m1/s1. The topological polar surface area (TPSA) is 52.0 Å². The minimum absolute atomic E-state index is 0.107. The Hall–Kier alpha value is -0.420. The van der Waals surface area contributed by atoms with Crippen LogP contribution in [-0.4, -0.2) is 6.04 Å². The quantitative estimate of drug-likeness (QED) is 0.825. The summed E-state index contributed by atoms with van der Waals surface area (Å²) >= 11 is 6.91. The first-order chi connectivity index (χ1) is 8.92. The van der Waals surface area contributed by atoms with Gasteiger partial charge >= 0.3 is 0 Å². The SMILES string of the molecule is CC1([C@@H](N)[C@H](N)c2ccc(Br)cc2)C=CC(Br)=CC1. The van der Waals surface area contributed by atoms with Gasteiger partial charge in [0.1, 0.15) is 0 Å². The van der Waals surface area contributed by atoms with Crippen LogP contribution >= 0.6 is 31.9 Å². The Kier molecular flexibility index (Phi) is 4.66. The van der Waals surface area contributed by atoms with Crippen LogP contribution in [0.15, 0.2) is 51.4 Å². The van der Waals surface area contributed by atoms with Crippen molar-refractivity contribution in [3.05, 3.63) is 57.0 Å². The van der Waals surface area contributed by atoms with Crippen molar-refractivity contribution in [2.24, 2.45) is 16.9 Å². The molecule has 102 valence electrons. The fourth-order valence-electron chi connectivity index (χ4n) is 2.27. The van der Waals surface area contributed by atoms with Crippen LogP contribution in [0.2, 0.25) is 0 Å². The van der Waals surface area contributed by atoms with Gasteiger partial charge < -0.3 is 11.5 Å². The van der Waals surface area contributed by atoms with Crippen LogP contribution < -0.4 is 11.5 Å². The molecule has 0 heterocycles. The first-order valence-corrected chi connectivity index (χ1v) is 7.82. The Balaban J connectivity index is 2.17. The van der Waals surface area contributed by atoms with Crippen LogP contribution in [0.25, 0.3) is 0 Å². The summed E-state index contributed by atoms with van der Waals surface area (Å²) in [5.41, 5.74) is 13.7. The summed E-state index contributed by atoms with van der Waals surface area (Å²) in [6.07, 6.45) is 7.25. The monoisotopic (exact) mass is 384 g/mol. The Morgan fingerprint density at radius 1 is 1.16 bits per heavy atom. The molecule has 0 radical (unpaired) electrons. The summed E-state index contributed by atoms with van der Waals surface area (Å²) in [7, 11) is 0. The average molecular weight is 386 g/mol. The molecular formula is C15H18Br2N2. The van der Waals surface area contributed by atoms with Crippen LogP contribution in [0.5, 0.6) is 0 Å². The van der Waals surface area contributed by atoms with E-state index >= 15 is 0 Å². The first kappa shape index (κ1) is 15.0. The van der Waals surface area contributed by atoms with E-state index in [0.29, 0.717) is 0 Å². The lowest BCUT2D eigenvalue weighted by molar-refractivity contribution is 0.296. The molecule has 1 aromatic carbocycles. The Labute approximate surface area is 131 Å². The maximum atomic E-state index is 6.41. The van der Waals surface area contributed by atoms with E-state index in [0.717, 1.165) is 20.9 Å². The maximum absolute atomic E-state index is 6.41. The van der Waals surface area contributed by atoms with Crippen molar-refractivity contribution in [3.63, 3.8) is 0 Å². The van der Waals surface area contributed by atoms with Gasteiger partial charge in [-0.05, 0) is 24.1 Å². The number of halogens is 2. The van der Waals surface area contributed by atoms with Gasteiger partial charge in [0.2, 0.25) is 0 Å². The van der Waals surface area contributed by atoms with Crippen LogP contribution in [0.3, 0.4) is 0 Å². The highest BCUT2D eigenvalue weighted by atomic mass is 79.9. The number of nitrogens with two attached hydrogens (primary N) is 2. The van der Waals surface area contributed by atoms with Crippen molar-refractivity contribution in [1.29, 1.82) is 0 Å². The molecule has 0 aliphatic heterocycles. The van der Waals surface area contributed by atoms with Crippen molar-refractivity contribution in [2.45, 2.75) is 25.4 Å². The van der Waals surface area contributed by atoms with E-state index in [-0.39, 0.29) is 17.5 Å². The number of allylic oxidation sites excluding steroid dienone is 3. The summed E-state index contributed by atoms with van der Waals surface area (Å²) in [5.74, 6) is 0. The lowest BCUT2D eigenvalue weighted by Crippen LogP contribution is -2.46. The summed E-state index contributed by atoms with van der Waals surface area (Å²) in [6.45, 7) is 2.16. The third-order valence-electron chi connectivity index (χ3n) is 3.76. The van der Waals surface area contributed by atoms with Crippen molar-refractivity contribution < 1.29 is 0 Å². The summed E-state index contributed by atoms with van der Waals surface area (Å²) < 4.78 is 2.15. The second-order valence-corrected chi connectivity index (χ2v) is 7.07. The highest BCUT2D eigenvalue weighted by Crippen LogP contribution is 2.37. The molecule has 0 saturated carbocycles. The van der Waals surface area contributed by atoms with Crippen LogP contribution in [0.4, 0.5) is 0 Å². The minimum atomic E-state index is -0.173. The van der Waals surface area contributed by atoms with Gasteiger partial charge in [-0.2, -0.15) is 0 Å². The lowest BCUT2D eigenvalue weighted by Gasteiger charge is -2.37. The largest absolute Gasteiger partial charge is 0.325 e. The van der Waals surface area contributed by atoms with E-state index in [4.69, 9.17) is 11.5 Å². The highest BCUT2D eigenvalue weighted by Gasteiger charge is 2.34. The fourth-order valence-corrected chi connectivity index (χ4v) is 2.83. The second kappa shape index (κ2) is 5.92. The van der Waals surface area contributed by atoms with Gasteiger partial charge in [0.05, 0.1) is 0 Å². The van der Waals surface area contributed by atoms with Gasteiger partial charge in [-0.3, -0.25) is 0 Å². The van der Waals surface area contributed by atoms with Crippen molar-refractivity contribution in [3.8, 4) is 0 Å². The zero-order valence-corrected chi connectivity index (χ0v) is 14.0. The van der Waals surface area contributed by atoms with E-state index < -0.39 is 0 Å². The van der Waals surface area contributed by atoms with Gasteiger partial charge in [0, 0.05) is 26.5 Å². The van der Waals surface area contributed by atoms with Gasteiger partial charge in [0.15, 0.2) is 0 Å². The van der Waals surface area contributed by atoms with E-state index in [1.54, 1.807) is 0 Å². The van der Waals surface area contributed by atoms with E-state index in [1.165, 1.54) is 0 Å². The molecule has 0 spiro atoms. The van der Waals surface area contributed by atoms with Gasteiger partial charge in [0.25, 0.3) is 0 Å². The molecule has 0 bridgehead atoms. The number of hydrogen-bond donors (Lipinski definition) is 2. The molecule has 1 aliphatic rings. The lowest BCUT2D eigenvalue weighted by atomic mass is 9.73. The highest BCUT2D eigenvalue weighted by molar-refractivity contribution is 9.12. The van der Waals surface area contributed by atoms with Crippen molar-refractivity contribution >= 4 is 31.9 Å². The van der Waals surface area contributed by atoms with E-state index in [9.17, 15) is 0 Å². The molecule has 4 N–H and O–H groups in total. The zero-order chi connectivity index (χ0) is 14.0. The smallest absolute Gasteiger partial charge is 0.0457 e. The molecule has 0 amide bonds. The molecule has 2 rings (SSSR count). The molecule has 0 fully saturated rings. The number of hydrogen-bond acceptors (Lipinski definition) is 2. The van der Waals surface area contributed by atoms with Crippen LogP contribution in [0, 0.1) is 5.41 Å². The molecule has 1 aromatic rings. The number of benzene rings is 1. The minimum Gasteiger partial charge on any atom is -0.325 e. The Bertz CT molecular complexity index is 507. The summed E-state index contributed by atoms with van der Waals surface area (Å²) in [4.78, 5) is 0. The van der Waals surface area contributed by atoms with Gasteiger partial charge in [-0.25, -0.2) is 0 Å². The normalized spacial score (nSPS) is 25.8. The van der Waals surface area contributed by atoms with Gasteiger partial charge in [-0.1, -0.05) is 69.1 Å². The third kappa shape index (κ3) is 3.37. The Morgan fingerprint density at radius 2 is 1.79 bits per heavy atom. The summed E-state index contributed by atoms with van der Waals surface area (Å²) in [6, 6.07) is 7.75. The van der Waals surface area contributed by atoms with E-state index in [2.05, 4.69) is 57.0 Å². The molecule has 1 aliphatic carbocycles. The average Bonchev–Trinajstić information content (AvgIpc) is 2.41. The molecule has 3 atom stereocenters. The van der Waals surface area contributed by atoms with Crippen LogP contribution in [-0.2, 0) is 0 Å². The van der Waals surface area contributed by atoms with Crippen molar-refractivity contribution in [1.82, 2.24) is 0 Å².